The van der Waals surface area contributed by atoms with E-state index in [1.54, 1.807) is 11.8 Å². The van der Waals surface area contributed by atoms with Crippen LogP contribution in [0.25, 0.3) is 0 Å². The smallest absolute Gasteiger partial charge is 0.223 e. The minimum absolute atomic E-state index is 0.0852. The Morgan fingerprint density at radius 2 is 1.50 bits per heavy atom. The SMILES string of the molecule is CC(=O)N(C)c1ccc(C23CCC(C)(CC2)CC3)cc1. The van der Waals surface area contributed by atoms with Crippen molar-refractivity contribution in [1.29, 1.82) is 0 Å². The van der Waals surface area contributed by atoms with Crippen molar-refractivity contribution in [3.63, 3.8) is 0 Å². The first kappa shape index (κ1) is 13.7. The summed E-state index contributed by atoms with van der Waals surface area (Å²) in [4.78, 5) is 13.1. The van der Waals surface area contributed by atoms with Crippen LogP contribution in [-0.4, -0.2) is 13.0 Å². The molecule has 0 spiro atoms. The van der Waals surface area contributed by atoms with Crippen molar-refractivity contribution in [3.8, 4) is 0 Å². The molecule has 3 saturated carbocycles. The normalized spacial score (nSPS) is 32.1. The molecule has 1 amide bonds. The first-order valence-corrected chi connectivity index (χ1v) is 7.79. The van der Waals surface area contributed by atoms with Gasteiger partial charge in [-0.2, -0.15) is 0 Å². The molecule has 2 heteroatoms. The standard InChI is InChI=1S/C18H25NO/c1-14(20)19(3)16-6-4-15(5-7-16)18-11-8-17(2,9-12-18)10-13-18/h4-7H,8-13H2,1-3H3. The molecule has 0 N–H and O–H groups in total. The fraction of sp³-hybridized carbons (Fsp3) is 0.611. The second-order valence-electron chi connectivity index (χ2n) is 7.22. The van der Waals surface area contributed by atoms with Crippen LogP contribution >= 0.6 is 0 Å². The Balaban J connectivity index is 1.83. The molecule has 3 aliphatic rings. The van der Waals surface area contributed by atoms with Crippen molar-refractivity contribution >= 4 is 11.6 Å². The molecule has 108 valence electrons. The predicted octanol–water partition coefficient (Wildman–Crippen LogP) is 4.28. The van der Waals surface area contributed by atoms with E-state index in [1.807, 2.05) is 7.05 Å². The molecule has 0 heterocycles. The van der Waals surface area contributed by atoms with Gasteiger partial charge in [-0.05, 0) is 67.1 Å². The largest absolute Gasteiger partial charge is 0.316 e. The molecule has 20 heavy (non-hydrogen) atoms. The summed E-state index contributed by atoms with van der Waals surface area (Å²) in [6.07, 6.45) is 8.15. The summed E-state index contributed by atoms with van der Waals surface area (Å²) in [6, 6.07) is 8.72. The predicted molar refractivity (Wildman–Crippen MR) is 83.0 cm³/mol. The van der Waals surface area contributed by atoms with E-state index >= 15 is 0 Å². The Hall–Kier alpha value is -1.31. The highest BCUT2D eigenvalue weighted by atomic mass is 16.2. The Bertz CT molecular complexity index is 492. The Kier molecular flexibility index (Phi) is 3.15. The van der Waals surface area contributed by atoms with E-state index in [-0.39, 0.29) is 5.91 Å². The van der Waals surface area contributed by atoms with E-state index in [4.69, 9.17) is 0 Å². The number of hydrogen-bond donors (Lipinski definition) is 0. The fourth-order valence-electron chi connectivity index (χ4n) is 4.03. The summed E-state index contributed by atoms with van der Waals surface area (Å²) in [5, 5.41) is 0. The van der Waals surface area contributed by atoms with Crippen LogP contribution in [0.5, 0.6) is 0 Å². The number of benzene rings is 1. The maximum absolute atomic E-state index is 11.4. The van der Waals surface area contributed by atoms with Crippen molar-refractivity contribution < 1.29 is 4.79 Å². The second kappa shape index (κ2) is 4.61. The lowest BCUT2D eigenvalue weighted by atomic mass is 9.52. The highest BCUT2D eigenvalue weighted by molar-refractivity contribution is 5.90. The van der Waals surface area contributed by atoms with Gasteiger partial charge in [-0.15, -0.1) is 0 Å². The maximum Gasteiger partial charge on any atom is 0.223 e. The van der Waals surface area contributed by atoms with Crippen molar-refractivity contribution in [3.05, 3.63) is 29.8 Å². The van der Waals surface area contributed by atoms with E-state index in [1.165, 1.54) is 44.1 Å². The molecule has 0 atom stereocenters. The maximum atomic E-state index is 11.4. The van der Waals surface area contributed by atoms with Crippen LogP contribution in [0.2, 0.25) is 0 Å². The Morgan fingerprint density at radius 1 is 1.00 bits per heavy atom. The first-order chi connectivity index (χ1) is 9.44. The third-order valence-corrected chi connectivity index (χ3v) is 5.96. The topological polar surface area (TPSA) is 20.3 Å². The lowest BCUT2D eigenvalue weighted by molar-refractivity contribution is -0.116. The summed E-state index contributed by atoms with van der Waals surface area (Å²) < 4.78 is 0. The van der Waals surface area contributed by atoms with Crippen LogP contribution in [-0.2, 0) is 10.2 Å². The van der Waals surface area contributed by atoms with Gasteiger partial charge < -0.3 is 4.90 Å². The summed E-state index contributed by atoms with van der Waals surface area (Å²) in [5.41, 5.74) is 3.52. The van der Waals surface area contributed by atoms with Crippen molar-refractivity contribution in [2.75, 3.05) is 11.9 Å². The number of rotatable bonds is 2. The minimum Gasteiger partial charge on any atom is -0.316 e. The molecular formula is C18H25NO. The van der Waals surface area contributed by atoms with E-state index < -0.39 is 0 Å². The van der Waals surface area contributed by atoms with Crippen molar-refractivity contribution in [2.45, 2.75) is 57.8 Å². The van der Waals surface area contributed by atoms with Gasteiger partial charge >= 0.3 is 0 Å². The van der Waals surface area contributed by atoms with Crippen LogP contribution in [0.4, 0.5) is 5.69 Å². The highest BCUT2D eigenvalue weighted by Crippen LogP contribution is 2.57. The molecule has 0 radical (unpaired) electrons. The zero-order chi connectivity index (χ0) is 14.4. The van der Waals surface area contributed by atoms with Crippen LogP contribution < -0.4 is 4.90 Å². The number of fused-ring (bicyclic) bond motifs is 3. The van der Waals surface area contributed by atoms with E-state index in [0.29, 0.717) is 10.8 Å². The number of amides is 1. The summed E-state index contributed by atoms with van der Waals surface area (Å²) in [5.74, 6) is 0.0852. The monoisotopic (exact) mass is 271 g/mol. The van der Waals surface area contributed by atoms with Gasteiger partial charge in [-0.25, -0.2) is 0 Å². The molecule has 1 aromatic carbocycles. The zero-order valence-corrected chi connectivity index (χ0v) is 12.9. The number of nitrogens with zero attached hydrogens (tertiary/aromatic N) is 1. The summed E-state index contributed by atoms with van der Waals surface area (Å²) in [6.45, 7) is 4.07. The second-order valence-corrected chi connectivity index (χ2v) is 7.22. The van der Waals surface area contributed by atoms with E-state index in [2.05, 4.69) is 31.2 Å². The van der Waals surface area contributed by atoms with Gasteiger partial charge in [-0.1, -0.05) is 19.1 Å². The van der Waals surface area contributed by atoms with Crippen molar-refractivity contribution in [2.24, 2.45) is 5.41 Å². The van der Waals surface area contributed by atoms with Gasteiger partial charge in [0.25, 0.3) is 0 Å². The van der Waals surface area contributed by atoms with Gasteiger partial charge in [0.05, 0.1) is 0 Å². The molecule has 2 nitrogen and oxygen atoms in total. The minimum atomic E-state index is 0.0852. The quantitative estimate of drug-likeness (QED) is 0.786. The van der Waals surface area contributed by atoms with Gasteiger partial charge in [0.1, 0.15) is 0 Å². The lowest BCUT2D eigenvalue weighted by Gasteiger charge is -2.52. The van der Waals surface area contributed by atoms with Gasteiger partial charge in [0.2, 0.25) is 5.91 Å². The molecule has 0 aliphatic heterocycles. The van der Waals surface area contributed by atoms with Crippen molar-refractivity contribution in [1.82, 2.24) is 0 Å². The lowest BCUT2D eigenvalue weighted by Crippen LogP contribution is -2.42. The van der Waals surface area contributed by atoms with Crippen LogP contribution in [0.15, 0.2) is 24.3 Å². The third kappa shape index (κ3) is 2.15. The number of carbonyl (C=O) groups is 1. The number of anilines is 1. The van der Waals surface area contributed by atoms with Crippen LogP contribution in [0.3, 0.4) is 0 Å². The molecule has 3 fully saturated rings. The Labute approximate surface area is 122 Å². The van der Waals surface area contributed by atoms with Gasteiger partial charge in [0.15, 0.2) is 0 Å². The first-order valence-electron chi connectivity index (χ1n) is 7.79. The summed E-state index contributed by atoms with van der Waals surface area (Å²) in [7, 11) is 1.84. The zero-order valence-electron chi connectivity index (χ0n) is 12.9. The van der Waals surface area contributed by atoms with Crippen LogP contribution in [0.1, 0.15) is 57.9 Å². The molecule has 2 bridgehead atoms. The van der Waals surface area contributed by atoms with Gasteiger partial charge in [0, 0.05) is 19.7 Å². The molecule has 3 aliphatic carbocycles. The fourth-order valence-corrected chi connectivity index (χ4v) is 4.03. The molecular weight excluding hydrogens is 246 g/mol. The highest BCUT2D eigenvalue weighted by Gasteiger charge is 2.46. The Morgan fingerprint density at radius 3 is 1.95 bits per heavy atom. The van der Waals surface area contributed by atoms with Crippen LogP contribution in [0, 0.1) is 5.41 Å². The van der Waals surface area contributed by atoms with Gasteiger partial charge in [-0.3, -0.25) is 4.79 Å². The molecule has 4 rings (SSSR count). The number of carbonyl (C=O) groups excluding carboxylic acids is 1. The summed E-state index contributed by atoms with van der Waals surface area (Å²) >= 11 is 0. The number of hydrogen-bond acceptors (Lipinski definition) is 1. The molecule has 0 aromatic heterocycles. The van der Waals surface area contributed by atoms with E-state index in [0.717, 1.165) is 5.69 Å². The average molecular weight is 271 g/mol. The molecule has 0 saturated heterocycles. The van der Waals surface area contributed by atoms with E-state index in [9.17, 15) is 4.79 Å². The molecule has 0 unspecified atom stereocenters. The third-order valence-electron chi connectivity index (χ3n) is 5.96. The molecule has 1 aromatic rings. The average Bonchev–Trinajstić information content (AvgIpc) is 2.48.